The highest BCUT2D eigenvalue weighted by Gasteiger charge is 2.30. The van der Waals surface area contributed by atoms with Crippen LogP contribution in [-0.4, -0.2) is 9.97 Å². The number of benzene rings is 1. The Morgan fingerprint density at radius 2 is 1.79 bits per heavy atom. The number of hydrogen-bond acceptors (Lipinski definition) is 4. The van der Waals surface area contributed by atoms with E-state index in [-0.39, 0.29) is 5.82 Å². The summed E-state index contributed by atoms with van der Waals surface area (Å²) in [5.74, 6) is 0.532. The highest BCUT2D eigenvalue weighted by atomic mass is 19.4. The molecule has 3 N–H and O–H groups in total. The fourth-order valence-electron chi connectivity index (χ4n) is 2.44. The standard InChI is InChI=1S/C17H15F3N4/c1-9-3-4-13(21)12-7-10(2)16(24-15(9)12)23-14-8-11(5-6-22-14)17(18,19)20/h3-8H,21H2,1-2H3,(H,22,23,24). The predicted molar refractivity (Wildman–Crippen MR) is 88.2 cm³/mol. The van der Waals surface area contributed by atoms with Crippen LogP contribution >= 0.6 is 0 Å². The average molecular weight is 332 g/mol. The van der Waals surface area contributed by atoms with Crippen molar-refractivity contribution < 1.29 is 13.2 Å². The number of rotatable bonds is 2. The smallest absolute Gasteiger partial charge is 0.398 e. The van der Waals surface area contributed by atoms with E-state index >= 15 is 0 Å². The highest BCUT2D eigenvalue weighted by molar-refractivity contribution is 5.94. The maximum absolute atomic E-state index is 12.8. The number of aryl methyl sites for hydroxylation is 2. The first-order valence-electron chi connectivity index (χ1n) is 7.22. The van der Waals surface area contributed by atoms with Crippen LogP contribution in [0.15, 0.2) is 36.5 Å². The first-order chi connectivity index (χ1) is 11.3. The van der Waals surface area contributed by atoms with Gasteiger partial charge in [0.25, 0.3) is 0 Å². The predicted octanol–water partition coefficient (Wildman–Crippen LogP) is 4.59. The van der Waals surface area contributed by atoms with Gasteiger partial charge in [-0.25, -0.2) is 9.97 Å². The van der Waals surface area contributed by atoms with Crippen LogP contribution < -0.4 is 11.1 Å². The molecule has 1 aromatic carbocycles. The van der Waals surface area contributed by atoms with Gasteiger partial charge in [0.2, 0.25) is 0 Å². The Morgan fingerprint density at radius 3 is 2.50 bits per heavy atom. The van der Waals surface area contributed by atoms with Gasteiger partial charge in [0.05, 0.1) is 11.1 Å². The number of nitrogen functional groups attached to an aromatic ring is 1. The lowest BCUT2D eigenvalue weighted by Crippen LogP contribution is -2.07. The van der Waals surface area contributed by atoms with E-state index in [1.54, 1.807) is 6.07 Å². The summed E-state index contributed by atoms with van der Waals surface area (Å²) in [6.07, 6.45) is -3.30. The first-order valence-corrected chi connectivity index (χ1v) is 7.22. The zero-order chi connectivity index (χ0) is 17.5. The van der Waals surface area contributed by atoms with Gasteiger partial charge in [-0.3, -0.25) is 0 Å². The number of pyridine rings is 2. The van der Waals surface area contributed by atoms with Crippen LogP contribution in [0.25, 0.3) is 10.9 Å². The monoisotopic (exact) mass is 332 g/mol. The fraction of sp³-hybridized carbons (Fsp3) is 0.176. The van der Waals surface area contributed by atoms with E-state index in [0.29, 0.717) is 17.0 Å². The molecule has 0 aliphatic carbocycles. The number of aromatic nitrogens is 2. The largest absolute Gasteiger partial charge is 0.416 e. The van der Waals surface area contributed by atoms with Crippen molar-refractivity contribution in [3.63, 3.8) is 0 Å². The lowest BCUT2D eigenvalue weighted by Gasteiger charge is -2.13. The van der Waals surface area contributed by atoms with Crippen molar-refractivity contribution in [1.29, 1.82) is 0 Å². The van der Waals surface area contributed by atoms with Gasteiger partial charge < -0.3 is 11.1 Å². The second kappa shape index (κ2) is 5.67. The molecular formula is C17H15F3N4. The van der Waals surface area contributed by atoms with Gasteiger partial charge in [-0.2, -0.15) is 13.2 Å². The molecule has 24 heavy (non-hydrogen) atoms. The number of hydrogen-bond donors (Lipinski definition) is 2. The van der Waals surface area contributed by atoms with Crippen molar-refractivity contribution >= 4 is 28.2 Å². The van der Waals surface area contributed by atoms with Crippen molar-refractivity contribution in [3.05, 3.63) is 53.2 Å². The molecule has 3 aromatic rings. The third-order valence-electron chi connectivity index (χ3n) is 3.74. The van der Waals surface area contributed by atoms with Gasteiger partial charge in [-0.1, -0.05) is 6.07 Å². The van der Waals surface area contributed by atoms with Crippen molar-refractivity contribution in [1.82, 2.24) is 9.97 Å². The van der Waals surface area contributed by atoms with E-state index in [1.807, 2.05) is 26.0 Å². The topological polar surface area (TPSA) is 63.8 Å². The molecule has 124 valence electrons. The number of nitrogens with one attached hydrogen (secondary N) is 1. The first kappa shape index (κ1) is 16.0. The Morgan fingerprint density at radius 1 is 1.04 bits per heavy atom. The van der Waals surface area contributed by atoms with Gasteiger partial charge in [0, 0.05) is 17.3 Å². The molecule has 0 aliphatic heterocycles. The van der Waals surface area contributed by atoms with Crippen LogP contribution in [0.4, 0.5) is 30.5 Å². The SMILES string of the molecule is Cc1cc2c(N)ccc(C)c2nc1Nc1cc(C(F)(F)F)ccn1. The van der Waals surface area contributed by atoms with E-state index in [0.717, 1.165) is 34.8 Å². The lowest BCUT2D eigenvalue weighted by molar-refractivity contribution is -0.137. The van der Waals surface area contributed by atoms with Crippen LogP contribution in [0.3, 0.4) is 0 Å². The minimum Gasteiger partial charge on any atom is -0.398 e. The maximum atomic E-state index is 12.8. The van der Waals surface area contributed by atoms with Crippen molar-refractivity contribution in [2.45, 2.75) is 20.0 Å². The Labute approximate surface area is 136 Å². The summed E-state index contributed by atoms with van der Waals surface area (Å²) in [7, 11) is 0. The molecule has 0 radical (unpaired) electrons. The lowest BCUT2D eigenvalue weighted by atomic mass is 10.1. The van der Waals surface area contributed by atoms with E-state index in [2.05, 4.69) is 15.3 Å². The second-order valence-corrected chi connectivity index (χ2v) is 5.57. The van der Waals surface area contributed by atoms with E-state index in [9.17, 15) is 13.2 Å². The summed E-state index contributed by atoms with van der Waals surface area (Å²) in [5.41, 5.74) is 8.20. The Balaban J connectivity index is 2.05. The molecule has 3 rings (SSSR count). The molecule has 4 nitrogen and oxygen atoms in total. The Bertz CT molecular complexity index is 920. The van der Waals surface area contributed by atoms with Gasteiger partial charge in [0.15, 0.2) is 0 Å². The molecule has 0 saturated heterocycles. The molecule has 0 atom stereocenters. The highest BCUT2D eigenvalue weighted by Crippen LogP contribution is 2.32. The minimum atomic E-state index is -4.42. The minimum absolute atomic E-state index is 0.0846. The number of anilines is 3. The summed E-state index contributed by atoms with van der Waals surface area (Å²) in [6.45, 7) is 3.71. The normalized spacial score (nSPS) is 11.7. The van der Waals surface area contributed by atoms with E-state index in [4.69, 9.17) is 5.73 Å². The average Bonchev–Trinajstić information content (AvgIpc) is 2.52. The molecule has 0 unspecified atom stereocenters. The third kappa shape index (κ3) is 2.97. The molecule has 7 heteroatoms. The van der Waals surface area contributed by atoms with Crippen LogP contribution in [-0.2, 0) is 6.18 Å². The summed E-state index contributed by atoms with van der Waals surface area (Å²) >= 11 is 0. The zero-order valence-corrected chi connectivity index (χ0v) is 13.1. The molecule has 0 bridgehead atoms. The summed E-state index contributed by atoms with van der Waals surface area (Å²) in [5, 5.41) is 3.68. The number of halogens is 3. The second-order valence-electron chi connectivity index (χ2n) is 5.57. The van der Waals surface area contributed by atoms with Crippen molar-refractivity contribution in [2.75, 3.05) is 11.1 Å². The number of nitrogens with two attached hydrogens (primary N) is 1. The number of nitrogens with zero attached hydrogens (tertiary/aromatic N) is 2. The number of alkyl halides is 3. The van der Waals surface area contributed by atoms with Gasteiger partial charge >= 0.3 is 6.18 Å². The van der Waals surface area contributed by atoms with Crippen LogP contribution in [0.1, 0.15) is 16.7 Å². The van der Waals surface area contributed by atoms with Gasteiger partial charge in [-0.05, 0) is 49.2 Å². The number of fused-ring (bicyclic) bond motifs is 1. The van der Waals surface area contributed by atoms with E-state index in [1.165, 1.54) is 0 Å². The third-order valence-corrected chi connectivity index (χ3v) is 3.74. The molecule has 2 heterocycles. The van der Waals surface area contributed by atoms with Crippen LogP contribution in [0.2, 0.25) is 0 Å². The molecule has 0 saturated carbocycles. The molecule has 0 aliphatic rings. The molecule has 2 aromatic heterocycles. The van der Waals surface area contributed by atoms with Gasteiger partial charge in [-0.15, -0.1) is 0 Å². The molecule has 0 spiro atoms. The fourth-order valence-corrected chi connectivity index (χ4v) is 2.44. The molecular weight excluding hydrogens is 317 g/mol. The Hall–Kier alpha value is -2.83. The van der Waals surface area contributed by atoms with Crippen molar-refractivity contribution in [3.8, 4) is 0 Å². The van der Waals surface area contributed by atoms with Crippen molar-refractivity contribution in [2.24, 2.45) is 0 Å². The Kier molecular flexibility index (Phi) is 3.79. The summed E-state index contributed by atoms with van der Waals surface area (Å²) in [4.78, 5) is 8.44. The maximum Gasteiger partial charge on any atom is 0.416 e. The van der Waals surface area contributed by atoms with Crippen LogP contribution in [0.5, 0.6) is 0 Å². The molecule has 0 fully saturated rings. The summed E-state index contributed by atoms with van der Waals surface area (Å²) < 4.78 is 38.4. The van der Waals surface area contributed by atoms with E-state index < -0.39 is 11.7 Å². The zero-order valence-electron chi connectivity index (χ0n) is 13.1. The van der Waals surface area contributed by atoms with Gasteiger partial charge in [0.1, 0.15) is 11.6 Å². The quantitative estimate of drug-likeness (QED) is 0.674. The molecule has 0 amide bonds. The van der Waals surface area contributed by atoms with Crippen LogP contribution in [0, 0.1) is 13.8 Å². The summed E-state index contributed by atoms with van der Waals surface area (Å²) in [6, 6.07) is 7.40.